The molecule has 2 aliphatic rings. The van der Waals surface area contributed by atoms with E-state index in [-0.39, 0.29) is 6.03 Å². The molecule has 1 saturated carbocycles. The summed E-state index contributed by atoms with van der Waals surface area (Å²) < 4.78 is 5.15. The normalized spacial score (nSPS) is 23.0. The van der Waals surface area contributed by atoms with Gasteiger partial charge in [-0.3, -0.25) is 0 Å². The largest absolute Gasteiger partial charge is 0.361 e. The number of hydrogen-bond acceptors (Lipinski definition) is 3. The summed E-state index contributed by atoms with van der Waals surface area (Å²) in [6.45, 7) is 5.21. The summed E-state index contributed by atoms with van der Waals surface area (Å²) in [6.07, 6.45) is 8.91. The number of urea groups is 1. The molecule has 0 bridgehead atoms. The Morgan fingerprint density at radius 1 is 1.23 bits per heavy atom. The second-order valence-corrected chi connectivity index (χ2v) is 6.76. The van der Waals surface area contributed by atoms with Gasteiger partial charge in [-0.25, -0.2) is 4.79 Å². The van der Waals surface area contributed by atoms with Gasteiger partial charge in [0.1, 0.15) is 5.76 Å². The summed E-state index contributed by atoms with van der Waals surface area (Å²) >= 11 is 0. The molecule has 1 aliphatic carbocycles. The highest BCUT2D eigenvalue weighted by atomic mass is 16.5. The van der Waals surface area contributed by atoms with Crippen LogP contribution in [-0.2, 0) is 6.54 Å². The Balaban J connectivity index is 1.59. The van der Waals surface area contributed by atoms with Crippen molar-refractivity contribution in [1.82, 2.24) is 15.4 Å². The second-order valence-electron chi connectivity index (χ2n) is 6.76. The predicted molar refractivity (Wildman–Crippen MR) is 84.5 cm³/mol. The quantitative estimate of drug-likeness (QED) is 0.929. The van der Waals surface area contributed by atoms with Crippen molar-refractivity contribution >= 4 is 6.03 Å². The molecule has 1 saturated heterocycles. The third kappa shape index (κ3) is 3.13. The third-order valence-electron chi connectivity index (χ3n) is 5.35. The Morgan fingerprint density at radius 3 is 2.68 bits per heavy atom. The van der Waals surface area contributed by atoms with E-state index in [4.69, 9.17) is 4.52 Å². The monoisotopic (exact) mass is 305 g/mol. The molecule has 3 rings (SSSR count). The minimum Gasteiger partial charge on any atom is -0.361 e. The van der Waals surface area contributed by atoms with Crippen LogP contribution in [0.2, 0.25) is 0 Å². The lowest BCUT2D eigenvalue weighted by Gasteiger charge is -2.34. The first-order valence-electron chi connectivity index (χ1n) is 8.63. The highest BCUT2D eigenvalue weighted by molar-refractivity contribution is 5.75. The van der Waals surface area contributed by atoms with E-state index in [1.165, 1.54) is 38.5 Å². The van der Waals surface area contributed by atoms with Crippen molar-refractivity contribution in [1.29, 1.82) is 0 Å². The van der Waals surface area contributed by atoms with E-state index >= 15 is 0 Å². The van der Waals surface area contributed by atoms with Crippen molar-refractivity contribution in [3.05, 3.63) is 17.0 Å². The molecule has 1 atom stereocenters. The highest BCUT2D eigenvalue weighted by Crippen LogP contribution is 2.34. The van der Waals surface area contributed by atoms with Gasteiger partial charge in [0.2, 0.25) is 0 Å². The predicted octanol–water partition coefficient (Wildman–Crippen LogP) is 3.55. The van der Waals surface area contributed by atoms with Crippen LogP contribution in [0.25, 0.3) is 0 Å². The van der Waals surface area contributed by atoms with Crippen molar-refractivity contribution in [3.8, 4) is 0 Å². The first-order valence-corrected chi connectivity index (χ1v) is 8.63. The van der Waals surface area contributed by atoms with Crippen LogP contribution in [0, 0.1) is 19.8 Å². The van der Waals surface area contributed by atoms with Gasteiger partial charge in [-0.15, -0.1) is 0 Å². The average molecular weight is 305 g/mol. The summed E-state index contributed by atoms with van der Waals surface area (Å²) in [7, 11) is 0. The molecule has 2 fully saturated rings. The van der Waals surface area contributed by atoms with Crippen LogP contribution in [0.1, 0.15) is 62.0 Å². The van der Waals surface area contributed by atoms with Gasteiger partial charge in [-0.05, 0) is 45.4 Å². The zero-order chi connectivity index (χ0) is 15.5. The summed E-state index contributed by atoms with van der Waals surface area (Å²) in [6, 6.07) is 0.526. The van der Waals surface area contributed by atoms with Crippen molar-refractivity contribution in [2.75, 3.05) is 6.54 Å². The van der Waals surface area contributed by atoms with Gasteiger partial charge in [-0.1, -0.05) is 24.4 Å². The third-order valence-corrected chi connectivity index (χ3v) is 5.35. The van der Waals surface area contributed by atoms with E-state index in [0.717, 1.165) is 30.0 Å². The molecule has 2 heterocycles. The maximum atomic E-state index is 12.6. The number of carbonyl (C=O) groups excluding carboxylic acids is 1. The molecular weight excluding hydrogens is 278 g/mol. The van der Waals surface area contributed by atoms with E-state index in [9.17, 15) is 4.79 Å². The lowest BCUT2D eigenvalue weighted by molar-refractivity contribution is 0.156. The lowest BCUT2D eigenvalue weighted by atomic mass is 9.83. The second kappa shape index (κ2) is 6.71. The zero-order valence-corrected chi connectivity index (χ0v) is 13.7. The first-order chi connectivity index (χ1) is 10.7. The Hall–Kier alpha value is -1.52. The van der Waals surface area contributed by atoms with Crippen LogP contribution in [0.4, 0.5) is 4.79 Å². The first kappa shape index (κ1) is 15.4. The van der Waals surface area contributed by atoms with Gasteiger partial charge in [0, 0.05) is 24.7 Å². The number of amides is 2. The molecule has 1 aliphatic heterocycles. The number of nitrogens with one attached hydrogen (secondary N) is 1. The molecule has 22 heavy (non-hydrogen) atoms. The van der Waals surface area contributed by atoms with Gasteiger partial charge >= 0.3 is 6.03 Å². The van der Waals surface area contributed by atoms with Crippen LogP contribution in [-0.4, -0.2) is 28.7 Å². The van der Waals surface area contributed by atoms with Crippen molar-refractivity contribution in [2.45, 2.75) is 71.4 Å². The van der Waals surface area contributed by atoms with Crippen LogP contribution >= 0.6 is 0 Å². The van der Waals surface area contributed by atoms with Gasteiger partial charge in [0.15, 0.2) is 0 Å². The summed E-state index contributed by atoms with van der Waals surface area (Å²) in [4.78, 5) is 14.7. The fraction of sp³-hybridized carbons (Fsp3) is 0.765. The van der Waals surface area contributed by atoms with E-state index < -0.39 is 0 Å². The number of likely N-dealkylation sites (tertiary alicyclic amines) is 1. The van der Waals surface area contributed by atoms with Crippen LogP contribution in [0.5, 0.6) is 0 Å². The molecule has 5 heteroatoms. The highest BCUT2D eigenvalue weighted by Gasteiger charge is 2.35. The molecule has 5 nitrogen and oxygen atoms in total. The number of aromatic nitrogens is 1. The van der Waals surface area contributed by atoms with Gasteiger partial charge in [0.25, 0.3) is 0 Å². The fourth-order valence-electron chi connectivity index (χ4n) is 4.07. The van der Waals surface area contributed by atoms with E-state index in [0.29, 0.717) is 18.5 Å². The molecule has 1 aromatic heterocycles. The lowest BCUT2D eigenvalue weighted by Crippen LogP contribution is -2.45. The standard InChI is InChI=1S/C17H27N3O2/c1-12-15(13(2)22-19-12)11-18-17(21)20-10-6-9-16(20)14-7-4-3-5-8-14/h14,16H,3-11H2,1-2H3,(H,18,21). The van der Waals surface area contributed by atoms with Gasteiger partial charge in [-0.2, -0.15) is 0 Å². The SMILES string of the molecule is Cc1noc(C)c1CNC(=O)N1CCCC1C1CCCCC1. The Labute approximate surface area is 132 Å². The summed E-state index contributed by atoms with van der Waals surface area (Å²) in [5.41, 5.74) is 1.87. The van der Waals surface area contributed by atoms with Crippen molar-refractivity contribution < 1.29 is 9.32 Å². The molecule has 1 N–H and O–H groups in total. The number of hydrogen-bond donors (Lipinski definition) is 1. The maximum Gasteiger partial charge on any atom is 0.317 e. The summed E-state index contributed by atoms with van der Waals surface area (Å²) in [5, 5.41) is 7.00. The minimum atomic E-state index is 0.0769. The Kier molecular flexibility index (Phi) is 4.69. The molecule has 122 valence electrons. The van der Waals surface area contributed by atoms with Crippen LogP contribution in [0.3, 0.4) is 0 Å². The smallest absolute Gasteiger partial charge is 0.317 e. The van der Waals surface area contributed by atoms with Crippen molar-refractivity contribution in [2.24, 2.45) is 5.92 Å². The minimum absolute atomic E-state index is 0.0769. The van der Waals surface area contributed by atoms with Gasteiger partial charge in [0.05, 0.1) is 5.69 Å². The van der Waals surface area contributed by atoms with E-state index in [1.54, 1.807) is 0 Å². The Bertz CT molecular complexity index is 500. The topological polar surface area (TPSA) is 58.4 Å². The molecule has 0 spiro atoms. The summed E-state index contributed by atoms with van der Waals surface area (Å²) in [5.74, 6) is 1.50. The fourth-order valence-corrected chi connectivity index (χ4v) is 4.07. The zero-order valence-electron chi connectivity index (χ0n) is 13.7. The van der Waals surface area contributed by atoms with Gasteiger partial charge < -0.3 is 14.7 Å². The molecule has 2 amide bonds. The maximum absolute atomic E-state index is 12.6. The molecular formula is C17H27N3O2. The van der Waals surface area contributed by atoms with Crippen LogP contribution in [0.15, 0.2) is 4.52 Å². The van der Waals surface area contributed by atoms with E-state index in [1.807, 2.05) is 13.8 Å². The van der Waals surface area contributed by atoms with Crippen molar-refractivity contribution in [3.63, 3.8) is 0 Å². The number of carbonyl (C=O) groups is 1. The number of nitrogens with zero attached hydrogens (tertiary/aromatic N) is 2. The molecule has 0 aromatic carbocycles. The molecule has 1 unspecified atom stereocenters. The number of aryl methyl sites for hydroxylation is 2. The Morgan fingerprint density at radius 2 is 2.00 bits per heavy atom. The van der Waals surface area contributed by atoms with E-state index in [2.05, 4.69) is 15.4 Å². The molecule has 1 aromatic rings. The van der Waals surface area contributed by atoms with Crippen LogP contribution < -0.4 is 5.32 Å². The number of rotatable bonds is 3. The average Bonchev–Trinajstić information content (AvgIpc) is 3.14. The molecule has 0 radical (unpaired) electrons.